The molecule has 0 saturated heterocycles. The summed E-state index contributed by atoms with van der Waals surface area (Å²) in [5.74, 6) is 0.744. The van der Waals surface area contributed by atoms with Crippen LogP contribution in [-0.4, -0.2) is 25.0 Å². The van der Waals surface area contributed by atoms with E-state index in [0.29, 0.717) is 22.9 Å². The zero-order valence-corrected chi connectivity index (χ0v) is 24.1. The second-order valence-corrected chi connectivity index (χ2v) is 10.4. The number of nitrogens with one attached hydrogen (secondary N) is 2. The molecule has 4 rings (SSSR count). The molecule has 0 heterocycles. The van der Waals surface area contributed by atoms with Crippen molar-refractivity contribution in [3.8, 4) is 22.6 Å². The fourth-order valence-corrected chi connectivity index (χ4v) is 4.83. The van der Waals surface area contributed by atoms with Crippen molar-refractivity contribution in [3.63, 3.8) is 0 Å². The van der Waals surface area contributed by atoms with Crippen LogP contribution in [0, 0.1) is 13.8 Å². The summed E-state index contributed by atoms with van der Waals surface area (Å²) in [6.45, 7) is 3.79. The van der Waals surface area contributed by atoms with Crippen molar-refractivity contribution >= 4 is 55.0 Å². The van der Waals surface area contributed by atoms with Gasteiger partial charge in [0.05, 0.1) is 8.95 Å². The van der Waals surface area contributed by atoms with Crippen LogP contribution in [0.1, 0.15) is 11.1 Å². The van der Waals surface area contributed by atoms with Gasteiger partial charge in [0.25, 0.3) is 11.8 Å². The lowest BCUT2D eigenvalue weighted by Crippen LogP contribution is -2.20. The van der Waals surface area contributed by atoms with Crippen LogP contribution < -0.4 is 20.1 Å². The van der Waals surface area contributed by atoms with Crippen molar-refractivity contribution in [1.82, 2.24) is 0 Å². The molecule has 0 aliphatic heterocycles. The summed E-state index contributed by atoms with van der Waals surface area (Å²) in [6, 6.07) is 26.4. The van der Waals surface area contributed by atoms with Crippen molar-refractivity contribution in [2.45, 2.75) is 13.8 Å². The van der Waals surface area contributed by atoms with Crippen LogP contribution in [0.4, 0.5) is 11.4 Å². The van der Waals surface area contributed by atoms with Crippen molar-refractivity contribution in [3.05, 3.63) is 105 Å². The molecule has 4 aromatic rings. The van der Waals surface area contributed by atoms with Gasteiger partial charge in [-0.3, -0.25) is 9.59 Å². The Morgan fingerprint density at radius 3 is 1.32 bits per heavy atom. The first kappa shape index (κ1) is 27.4. The lowest BCUT2D eigenvalue weighted by Gasteiger charge is -2.11. The molecule has 0 aliphatic carbocycles. The molecule has 0 radical (unpaired) electrons. The van der Waals surface area contributed by atoms with Crippen LogP contribution in [0.15, 0.2) is 93.9 Å². The molecule has 0 atom stereocenters. The van der Waals surface area contributed by atoms with E-state index < -0.39 is 0 Å². The Morgan fingerprint density at radius 2 is 0.974 bits per heavy atom. The number of hydrogen-bond acceptors (Lipinski definition) is 4. The first-order valence-corrected chi connectivity index (χ1v) is 13.4. The molecule has 2 N–H and O–H groups in total. The average molecular weight is 638 g/mol. The molecule has 0 fully saturated rings. The molecule has 0 saturated carbocycles. The van der Waals surface area contributed by atoms with E-state index in [1.165, 1.54) is 0 Å². The predicted molar refractivity (Wildman–Crippen MR) is 158 cm³/mol. The maximum Gasteiger partial charge on any atom is 0.262 e. The van der Waals surface area contributed by atoms with E-state index in [2.05, 4.69) is 42.5 Å². The molecule has 6 nitrogen and oxygen atoms in total. The van der Waals surface area contributed by atoms with Crippen LogP contribution in [0.25, 0.3) is 11.1 Å². The third kappa shape index (κ3) is 7.69. The number of amides is 2. The number of ether oxygens (including phenoxy) is 2. The maximum atomic E-state index is 12.3. The largest absolute Gasteiger partial charge is 0.483 e. The molecule has 194 valence electrons. The number of aryl methyl sites for hydroxylation is 2. The zero-order valence-electron chi connectivity index (χ0n) is 20.9. The molecule has 0 spiro atoms. The Morgan fingerprint density at radius 1 is 0.605 bits per heavy atom. The van der Waals surface area contributed by atoms with Gasteiger partial charge in [0, 0.05) is 11.4 Å². The molecular weight excluding hydrogens is 612 g/mol. The standard InChI is InChI=1S/C30H26Br2N2O4/c1-19-3-13-27(25(31)15-19)37-17-29(35)33-23-9-5-21(6-10-23)22-7-11-24(12-8-22)34-30(36)18-38-28-14-4-20(2)16-26(28)32/h3-16H,17-18H2,1-2H3,(H,33,35)(H,34,36). The maximum absolute atomic E-state index is 12.3. The van der Waals surface area contributed by atoms with Crippen molar-refractivity contribution in [2.24, 2.45) is 0 Å². The minimum Gasteiger partial charge on any atom is -0.483 e. The Bertz CT molecular complexity index is 1330. The average Bonchev–Trinajstić information content (AvgIpc) is 2.89. The number of halogens is 2. The fraction of sp³-hybridized carbons (Fsp3) is 0.133. The van der Waals surface area contributed by atoms with Gasteiger partial charge in [0.2, 0.25) is 0 Å². The van der Waals surface area contributed by atoms with E-state index in [4.69, 9.17) is 9.47 Å². The van der Waals surface area contributed by atoms with E-state index in [1.54, 1.807) is 0 Å². The molecule has 4 aromatic carbocycles. The molecule has 0 aromatic heterocycles. The molecule has 38 heavy (non-hydrogen) atoms. The topological polar surface area (TPSA) is 76.7 Å². The fourth-order valence-electron chi connectivity index (χ4n) is 3.62. The van der Waals surface area contributed by atoms with Crippen LogP contribution in [-0.2, 0) is 9.59 Å². The van der Waals surface area contributed by atoms with Crippen molar-refractivity contribution in [1.29, 1.82) is 0 Å². The van der Waals surface area contributed by atoms with E-state index in [9.17, 15) is 9.59 Å². The highest BCUT2D eigenvalue weighted by Crippen LogP contribution is 2.27. The Kier molecular flexibility index (Phi) is 9.20. The second-order valence-electron chi connectivity index (χ2n) is 8.70. The summed E-state index contributed by atoms with van der Waals surface area (Å²) in [4.78, 5) is 24.6. The monoisotopic (exact) mass is 636 g/mol. The SMILES string of the molecule is Cc1ccc(OCC(=O)Nc2ccc(-c3ccc(NC(=O)COc4ccc(C)cc4Br)cc3)cc2)c(Br)c1. The number of benzene rings is 4. The van der Waals surface area contributed by atoms with Gasteiger partial charge in [-0.1, -0.05) is 36.4 Å². The van der Waals surface area contributed by atoms with Gasteiger partial charge in [-0.15, -0.1) is 0 Å². The second kappa shape index (κ2) is 12.8. The lowest BCUT2D eigenvalue weighted by molar-refractivity contribution is -0.118. The van der Waals surface area contributed by atoms with E-state index >= 15 is 0 Å². The lowest BCUT2D eigenvalue weighted by atomic mass is 10.0. The highest BCUT2D eigenvalue weighted by Gasteiger charge is 2.09. The van der Waals surface area contributed by atoms with E-state index in [0.717, 1.165) is 31.2 Å². The number of hydrogen-bond donors (Lipinski definition) is 2. The third-order valence-corrected chi connectivity index (χ3v) is 6.80. The molecule has 2 amide bonds. The number of anilines is 2. The van der Waals surface area contributed by atoms with Crippen LogP contribution >= 0.6 is 31.9 Å². The predicted octanol–water partition coefficient (Wildman–Crippen LogP) is 7.53. The molecule has 0 bridgehead atoms. The Labute approximate surface area is 238 Å². The normalized spacial score (nSPS) is 10.5. The number of carbonyl (C=O) groups excluding carboxylic acids is 2. The minimum absolute atomic E-state index is 0.0933. The third-order valence-electron chi connectivity index (χ3n) is 5.56. The summed E-state index contributed by atoms with van der Waals surface area (Å²) in [7, 11) is 0. The Hall–Kier alpha value is -3.62. The number of rotatable bonds is 9. The summed E-state index contributed by atoms with van der Waals surface area (Å²) < 4.78 is 12.8. The smallest absolute Gasteiger partial charge is 0.262 e. The summed E-state index contributed by atoms with van der Waals surface area (Å²) in [5.41, 5.74) is 5.51. The first-order valence-electron chi connectivity index (χ1n) is 11.8. The van der Waals surface area contributed by atoms with Gasteiger partial charge in [0.15, 0.2) is 13.2 Å². The van der Waals surface area contributed by atoms with Gasteiger partial charge in [-0.05, 0) is 116 Å². The summed E-state index contributed by atoms with van der Waals surface area (Å²) >= 11 is 6.89. The van der Waals surface area contributed by atoms with Gasteiger partial charge in [0.1, 0.15) is 11.5 Å². The van der Waals surface area contributed by atoms with E-state index in [1.807, 2.05) is 98.8 Å². The molecule has 0 aliphatic rings. The van der Waals surface area contributed by atoms with Gasteiger partial charge < -0.3 is 20.1 Å². The summed E-state index contributed by atoms with van der Waals surface area (Å²) in [5, 5.41) is 5.68. The number of carbonyl (C=O) groups is 2. The summed E-state index contributed by atoms with van der Waals surface area (Å²) in [6.07, 6.45) is 0. The Balaban J connectivity index is 1.26. The highest BCUT2D eigenvalue weighted by molar-refractivity contribution is 9.10. The zero-order chi connectivity index (χ0) is 27.1. The molecule has 8 heteroatoms. The molecule has 0 unspecified atom stereocenters. The quantitative estimate of drug-likeness (QED) is 0.199. The van der Waals surface area contributed by atoms with E-state index in [-0.39, 0.29) is 25.0 Å². The van der Waals surface area contributed by atoms with Crippen molar-refractivity contribution in [2.75, 3.05) is 23.8 Å². The van der Waals surface area contributed by atoms with Gasteiger partial charge in [-0.2, -0.15) is 0 Å². The van der Waals surface area contributed by atoms with Gasteiger partial charge in [-0.25, -0.2) is 0 Å². The van der Waals surface area contributed by atoms with Crippen LogP contribution in [0.3, 0.4) is 0 Å². The van der Waals surface area contributed by atoms with Crippen LogP contribution in [0.2, 0.25) is 0 Å². The van der Waals surface area contributed by atoms with Gasteiger partial charge >= 0.3 is 0 Å². The van der Waals surface area contributed by atoms with Crippen molar-refractivity contribution < 1.29 is 19.1 Å². The molecular formula is C30H26Br2N2O4. The van der Waals surface area contributed by atoms with Crippen LogP contribution in [0.5, 0.6) is 11.5 Å². The highest BCUT2D eigenvalue weighted by atomic mass is 79.9. The minimum atomic E-state index is -0.246. The first-order chi connectivity index (χ1) is 18.3.